The first-order chi connectivity index (χ1) is 10.1. The predicted molar refractivity (Wildman–Crippen MR) is 89.4 cm³/mol. The maximum absolute atomic E-state index is 12.4. The van der Waals surface area contributed by atoms with Crippen LogP contribution in [0.2, 0.25) is 0 Å². The molecule has 1 aromatic carbocycles. The molecule has 1 N–H and O–H groups in total. The van der Waals surface area contributed by atoms with E-state index < -0.39 is 0 Å². The monoisotopic (exact) mass is 301 g/mol. The Hall–Kier alpha value is -2.01. The first-order valence-corrected chi connectivity index (χ1v) is 7.39. The number of benzene rings is 1. The fourth-order valence-electron chi connectivity index (χ4n) is 1.91. The van der Waals surface area contributed by atoms with Crippen molar-refractivity contribution in [2.45, 2.75) is 25.6 Å². The summed E-state index contributed by atoms with van der Waals surface area (Å²) in [6.07, 6.45) is 5.78. The molecule has 0 bridgehead atoms. The number of carbonyl (C=O) groups is 1. The lowest BCUT2D eigenvalue weighted by Gasteiger charge is -2.24. The molecule has 0 spiro atoms. The molecule has 0 saturated heterocycles. The molecule has 0 aliphatic rings. The highest BCUT2D eigenvalue weighted by molar-refractivity contribution is 7.81. The number of carbonyl (C=O) groups excluding carboxylic acids is 1. The van der Waals surface area contributed by atoms with E-state index in [1.807, 2.05) is 38.1 Å². The molecule has 21 heavy (non-hydrogen) atoms. The van der Waals surface area contributed by atoms with Gasteiger partial charge in [-0.05, 0) is 25.0 Å². The van der Waals surface area contributed by atoms with Gasteiger partial charge in [-0.3, -0.25) is 14.8 Å². The van der Waals surface area contributed by atoms with Gasteiger partial charge in [-0.1, -0.05) is 36.8 Å². The van der Waals surface area contributed by atoms with Crippen molar-refractivity contribution < 1.29 is 4.79 Å². The lowest BCUT2D eigenvalue weighted by molar-refractivity contribution is -0.114. The smallest absolute Gasteiger partial charge is 0.253 e. The zero-order valence-electron chi connectivity index (χ0n) is 12.2. The summed E-state index contributed by atoms with van der Waals surface area (Å²) in [4.78, 5) is 14.0. The lowest BCUT2D eigenvalue weighted by atomic mass is 10.1. The molecule has 0 fully saturated rings. The van der Waals surface area contributed by atoms with Crippen molar-refractivity contribution in [1.82, 2.24) is 10.2 Å². The second-order valence-corrected chi connectivity index (χ2v) is 5.37. The summed E-state index contributed by atoms with van der Waals surface area (Å²) in [5.41, 5.74) is 2.18. The molecule has 2 rings (SSSR count). The molecule has 1 heterocycles. The van der Waals surface area contributed by atoms with E-state index in [4.69, 9.17) is 0 Å². The highest BCUT2D eigenvalue weighted by Gasteiger charge is 2.21. The Morgan fingerprint density at radius 2 is 2.10 bits per heavy atom. The van der Waals surface area contributed by atoms with E-state index in [0.29, 0.717) is 5.82 Å². The number of rotatable bonds is 5. The minimum Gasteiger partial charge on any atom is -0.284 e. The van der Waals surface area contributed by atoms with Crippen LogP contribution < -0.4 is 4.90 Å². The summed E-state index contributed by atoms with van der Waals surface area (Å²) >= 11 is 4.46. The van der Waals surface area contributed by atoms with Crippen molar-refractivity contribution in [1.29, 1.82) is 0 Å². The first-order valence-electron chi connectivity index (χ1n) is 6.87. The van der Waals surface area contributed by atoms with E-state index in [9.17, 15) is 4.79 Å². The Bertz CT molecular complexity index is 605. The third kappa shape index (κ3) is 3.98. The molecule has 0 aliphatic heterocycles. The lowest BCUT2D eigenvalue weighted by Crippen LogP contribution is -2.36. The van der Waals surface area contributed by atoms with Crippen LogP contribution in [0.15, 0.2) is 42.6 Å². The Labute approximate surface area is 130 Å². The number of nitrogens with zero attached hydrogens (tertiary/aromatic N) is 2. The molecule has 2 aromatic rings. The van der Waals surface area contributed by atoms with Gasteiger partial charge < -0.3 is 0 Å². The fourth-order valence-corrected chi connectivity index (χ4v) is 2.14. The second-order valence-electron chi connectivity index (χ2n) is 4.77. The van der Waals surface area contributed by atoms with Crippen LogP contribution in [0.5, 0.6) is 0 Å². The Morgan fingerprint density at radius 1 is 1.38 bits per heavy atom. The van der Waals surface area contributed by atoms with Crippen LogP contribution in [-0.4, -0.2) is 21.5 Å². The topological polar surface area (TPSA) is 49.0 Å². The third-order valence-corrected chi connectivity index (χ3v) is 3.73. The van der Waals surface area contributed by atoms with Gasteiger partial charge in [-0.2, -0.15) is 17.7 Å². The molecule has 5 heteroatoms. The molecule has 0 aliphatic carbocycles. The second kappa shape index (κ2) is 7.13. The molecule has 1 unspecified atom stereocenters. The summed E-state index contributed by atoms with van der Waals surface area (Å²) in [6.45, 7) is 4.01. The zero-order chi connectivity index (χ0) is 15.2. The zero-order valence-corrected chi connectivity index (χ0v) is 13.0. The van der Waals surface area contributed by atoms with E-state index in [0.717, 1.165) is 12.0 Å². The molecule has 0 radical (unpaired) electrons. The quantitative estimate of drug-likeness (QED) is 0.505. The van der Waals surface area contributed by atoms with Crippen molar-refractivity contribution in [3.05, 3.63) is 53.7 Å². The summed E-state index contributed by atoms with van der Waals surface area (Å²) in [7, 11) is 0. The van der Waals surface area contributed by atoms with Crippen molar-refractivity contribution in [2.75, 3.05) is 4.90 Å². The maximum atomic E-state index is 12.4. The molecule has 110 valence electrons. The highest BCUT2D eigenvalue weighted by atomic mass is 32.1. The third-order valence-electron chi connectivity index (χ3n) is 3.13. The number of nitrogens with one attached hydrogen (secondary N) is 1. The van der Waals surface area contributed by atoms with Gasteiger partial charge in [0.25, 0.3) is 5.91 Å². The van der Waals surface area contributed by atoms with Gasteiger partial charge in [-0.15, -0.1) is 0 Å². The van der Waals surface area contributed by atoms with Crippen molar-refractivity contribution in [3.8, 4) is 0 Å². The summed E-state index contributed by atoms with van der Waals surface area (Å²) < 4.78 is 0. The van der Waals surface area contributed by atoms with Crippen LogP contribution in [0.3, 0.4) is 0 Å². The van der Waals surface area contributed by atoms with Gasteiger partial charge in [0.1, 0.15) is 0 Å². The molecule has 1 amide bonds. The fraction of sp³-hybridized carbons (Fsp3) is 0.250. The van der Waals surface area contributed by atoms with Gasteiger partial charge in [0, 0.05) is 18.3 Å². The summed E-state index contributed by atoms with van der Waals surface area (Å²) in [5.74, 6) is 0.444. The minimum absolute atomic E-state index is 0.135. The average molecular weight is 301 g/mol. The van der Waals surface area contributed by atoms with Crippen molar-refractivity contribution >= 4 is 30.4 Å². The number of thiol groups is 1. The molecular weight excluding hydrogens is 282 g/mol. The van der Waals surface area contributed by atoms with Crippen LogP contribution in [-0.2, 0) is 4.79 Å². The van der Waals surface area contributed by atoms with Crippen LogP contribution in [0.4, 0.5) is 5.82 Å². The van der Waals surface area contributed by atoms with Crippen LogP contribution in [0.1, 0.15) is 24.5 Å². The van der Waals surface area contributed by atoms with E-state index in [-0.39, 0.29) is 11.3 Å². The molecular formula is C16H19N3OS. The largest absolute Gasteiger partial charge is 0.284 e. The van der Waals surface area contributed by atoms with Gasteiger partial charge in [0.05, 0.1) is 5.37 Å². The van der Waals surface area contributed by atoms with Crippen LogP contribution >= 0.6 is 12.6 Å². The van der Waals surface area contributed by atoms with Gasteiger partial charge >= 0.3 is 0 Å². The number of hydrogen-bond donors (Lipinski definition) is 2. The van der Waals surface area contributed by atoms with Gasteiger partial charge in [0.15, 0.2) is 5.82 Å². The molecule has 1 aromatic heterocycles. The maximum Gasteiger partial charge on any atom is 0.253 e. The number of amides is 1. The van der Waals surface area contributed by atoms with Crippen LogP contribution in [0.25, 0.3) is 6.08 Å². The van der Waals surface area contributed by atoms with Crippen molar-refractivity contribution in [3.63, 3.8) is 0 Å². The number of aryl methyl sites for hydroxylation is 1. The van der Waals surface area contributed by atoms with E-state index in [1.54, 1.807) is 29.3 Å². The van der Waals surface area contributed by atoms with E-state index in [1.165, 1.54) is 5.56 Å². The SMILES string of the molecule is CCC(S)N(C(=O)/C=C/c1ccc(C)cc1)c1cc[nH]n1. The van der Waals surface area contributed by atoms with Gasteiger partial charge in [0.2, 0.25) is 0 Å². The number of H-pyrrole nitrogens is 1. The highest BCUT2D eigenvalue weighted by Crippen LogP contribution is 2.18. The van der Waals surface area contributed by atoms with Crippen molar-refractivity contribution in [2.24, 2.45) is 0 Å². The Balaban J connectivity index is 2.17. The minimum atomic E-state index is -0.205. The predicted octanol–water partition coefficient (Wildman–Crippen LogP) is 3.43. The average Bonchev–Trinajstić information content (AvgIpc) is 3.00. The number of aromatic amines is 1. The normalized spacial score (nSPS) is 12.5. The van der Waals surface area contributed by atoms with Crippen LogP contribution in [0, 0.1) is 6.92 Å². The summed E-state index contributed by atoms with van der Waals surface area (Å²) in [6, 6.07) is 9.76. The first kappa shape index (κ1) is 15.4. The Kier molecular flexibility index (Phi) is 5.22. The van der Waals surface area contributed by atoms with E-state index >= 15 is 0 Å². The Morgan fingerprint density at radius 3 is 2.67 bits per heavy atom. The number of aromatic nitrogens is 2. The standard InChI is InChI=1S/C16H19N3OS/c1-3-16(21)19(14-10-11-17-18-14)15(20)9-8-13-6-4-12(2)5-7-13/h4-11,16,21H,3H2,1-2H3,(H,17,18)/b9-8+. The molecule has 1 atom stereocenters. The summed E-state index contributed by atoms with van der Waals surface area (Å²) in [5, 5.41) is 6.59. The van der Waals surface area contributed by atoms with E-state index in [2.05, 4.69) is 22.8 Å². The molecule has 4 nitrogen and oxygen atoms in total. The number of hydrogen-bond acceptors (Lipinski definition) is 3. The number of anilines is 1. The molecule has 0 saturated carbocycles. The van der Waals surface area contributed by atoms with Gasteiger partial charge in [-0.25, -0.2) is 0 Å².